The molecular formula is C15H21ClN2O3. The lowest BCUT2D eigenvalue weighted by atomic mass is 10.1. The molecule has 0 saturated carbocycles. The van der Waals surface area contributed by atoms with Gasteiger partial charge in [-0.25, -0.2) is 4.98 Å². The van der Waals surface area contributed by atoms with Gasteiger partial charge in [0.2, 0.25) is 0 Å². The van der Waals surface area contributed by atoms with Crippen molar-refractivity contribution in [2.45, 2.75) is 25.9 Å². The fraction of sp³-hybridized carbons (Fsp3) is 0.600. The number of nitrogens with zero attached hydrogens (tertiary/aromatic N) is 2. The highest BCUT2D eigenvalue weighted by molar-refractivity contribution is 6.29. The molecule has 2 rings (SSSR count). The summed E-state index contributed by atoms with van der Waals surface area (Å²) in [5.74, 6) is 0.00642. The standard InChI is InChI=1S/C15H21ClN2O3/c1-2-20-9-10-21-13-5-7-18(8-6-13)15(19)12-3-4-14(16)17-11-12/h3-4,11,13H,2,5-10H2,1H3. The molecule has 0 radical (unpaired) electrons. The van der Waals surface area contributed by atoms with E-state index >= 15 is 0 Å². The first kappa shape index (κ1) is 16.2. The fourth-order valence-electron chi connectivity index (χ4n) is 2.33. The first-order valence-electron chi connectivity index (χ1n) is 7.31. The van der Waals surface area contributed by atoms with Crippen LogP contribution in [0.25, 0.3) is 0 Å². The topological polar surface area (TPSA) is 51.7 Å². The van der Waals surface area contributed by atoms with E-state index < -0.39 is 0 Å². The van der Waals surface area contributed by atoms with E-state index in [0.717, 1.165) is 12.8 Å². The number of halogens is 1. The van der Waals surface area contributed by atoms with Gasteiger partial charge in [-0.1, -0.05) is 11.6 Å². The van der Waals surface area contributed by atoms with Crippen LogP contribution >= 0.6 is 11.6 Å². The van der Waals surface area contributed by atoms with Crippen LogP contribution in [0.15, 0.2) is 18.3 Å². The highest BCUT2D eigenvalue weighted by Gasteiger charge is 2.24. The Morgan fingerprint density at radius 2 is 2.14 bits per heavy atom. The van der Waals surface area contributed by atoms with E-state index in [9.17, 15) is 4.79 Å². The van der Waals surface area contributed by atoms with Crippen molar-refractivity contribution < 1.29 is 14.3 Å². The second-order valence-corrected chi connectivity index (χ2v) is 5.32. The molecule has 1 aromatic rings. The number of hydrogen-bond acceptors (Lipinski definition) is 4. The summed E-state index contributed by atoms with van der Waals surface area (Å²) in [7, 11) is 0. The van der Waals surface area contributed by atoms with Crippen molar-refractivity contribution >= 4 is 17.5 Å². The molecule has 0 aliphatic carbocycles. The molecule has 1 aromatic heterocycles. The molecule has 116 valence electrons. The van der Waals surface area contributed by atoms with Crippen LogP contribution in [-0.4, -0.2) is 54.8 Å². The van der Waals surface area contributed by atoms with E-state index in [1.54, 1.807) is 12.1 Å². The van der Waals surface area contributed by atoms with E-state index in [2.05, 4.69) is 4.98 Å². The van der Waals surface area contributed by atoms with Crippen molar-refractivity contribution in [1.82, 2.24) is 9.88 Å². The van der Waals surface area contributed by atoms with Gasteiger partial charge in [0.05, 0.1) is 24.9 Å². The number of hydrogen-bond donors (Lipinski definition) is 0. The van der Waals surface area contributed by atoms with Crippen molar-refractivity contribution in [3.05, 3.63) is 29.0 Å². The minimum atomic E-state index is 0.00642. The second kappa shape index (κ2) is 8.32. The van der Waals surface area contributed by atoms with Crippen LogP contribution in [0.3, 0.4) is 0 Å². The van der Waals surface area contributed by atoms with Crippen LogP contribution in [0.5, 0.6) is 0 Å². The molecule has 0 atom stereocenters. The maximum Gasteiger partial charge on any atom is 0.255 e. The Morgan fingerprint density at radius 1 is 1.38 bits per heavy atom. The molecule has 5 nitrogen and oxygen atoms in total. The van der Waals surface area contributed by atoms with Gasteiger partial charge in [0.15, 0.2) is 0 Å². The molecule has 1 fully saturated rings. The molecule has 2 heterocycles. The molecule has 21 heavy (non-hydrogen) atoms. The highest BCUT2D eigenvalue weighted by Crippen LogP contribution is 2.16. The predicted molar refractivity (Wildman–Crippen MR) is 80.6 cm³/mol. The Labute approximate surface area is 130 Å². The van der Waals surface area contributed by atoms with Crippen molar-refractivity contribution in [3.8, 4) is 0 Å². The molecule has 0 N–H and O–H groups in total. The molecule has 1 saturated heterocycles. The number of piperidine rings is 1. The monoisotopic (exact) mass is 312 g/mol. The van der Waals surface area contributed by atoms with Crippen LogP contribution in [0.1, 0.15) is 30.1 Å². The van der Waals surface area contributed by atoms with E-state index in [4.69, 9.17) is 21.1 Å². The van der Waals surface area contributed by atoms with Gasteiger partial charge in [-0.05, 0) is 31.9 Å². The zero-order valence-corrected chi connectivity index (χ0v) is 13.0. The van der Waals surface area contributed by atoms with Gasteiger partial charge in [-0.2, -0.15) is 0 Å². The number of likely N-dealkylation sites (tertiary alicyclic amines) is 1. The fourth-order valence-corrected chi connectivity index (χ4v) is 2.44. The minimum absolute atomic E-state index is 0.00642. The Morgan fingerprint density at radius 3 is 2.76 bits per heavy atom. The zero-order valence-electron chi connectivity index (χ0n) is 12.3. The summed E-state index contributed by atoms with van der Waals surface area (Å²) >= 11 is 5.73. The van der Waals surface area contributed by atoms with E-state index in [0.29, 0.717) is 43.6 Å². The number of ether oxygens (including phenoxy) is 2. The largest absolute Gasteiger partial charge is 0.379 e. The number of carbonyl (C=O) groups excluding carboxylic acids is 1. The second-order valence-electron chi connectivity index (χ2n) is 4.93. The van der Waals surface area contributed by atoms with Crippen LogP contribution < -0.4 is 0 Å². The van der Waals surface area contributed by atoms with Gasteiger partial charge < -0.3 is 14.4 Å². The predicted octanol–water partition coefficient (Wildman–Crippen LogP) is 2.39. The molecule has 6 heteroatoms. The maximum atomic E-state index is 12.3. The van der Waals surface area contributed by atoms with E-state index in [1.165, 1.54) is 6.20 Å². The lowest BCUT2D eigenvalue weighted by Crippen LogP contribution is -2.41. The summed E-state index contributed by atoms with van der Waals surface area (Å²) in [4.78, 5) is 18.1. The smallest absolute Gasteiger partial charge is 0.255 e. The quantitative estimate of drug-likeness (QED) is 0.598. The summed E-state index contributed by atoms with van der Waals surface area (Å²) in [5, 5.41) is 0.396. The molecule has 1 amide bonds. The average molecular weight is 313 g/mol. The number of carbonyl (C=O) groups is 1. The molecule has 0 spiro atoms. The Bertz CT molecular complexity index is 445. The van der Waals surface area contributed by atoms with Crippen molar-refractivity contribution in [2.24, 2.45) is 0 Å². The van der Waals surface area contributed by atoms with E-state index in [-0.39, 0.29) is 12.0 Å². The summed E-state index contributed by atoms with van der Waals surface area (Å²) in [6.45, 7) is 5.35. The SMILES string of the molecule is CCOCCOC1CCN(C(=O)c2ccc(Cl)nc2)CC1. The highest BCUT2D eigenvalue weighted by atomic mass is 35.5. The lowest BCUT2D eigenvalue weighted by molar-refractivity contribution is -0.0182. The first-order chi connectivity index (χ1) is 10.2. The van der Waals surface area contributed by atoms with Gasteiger partial charge in [-0.15, -0.1) is 0 Å². The van der Waals surface area contributed by atoms with Crippen LogP contribution in [-0.2, 0) is 9.47 Å². The Kier molecular flexibility index (Phi) is 6.42. The third kappa shape index (κ3) is 4.95. The third-order valence-corrected chi connectivity index (χ3v) is 3.71. The van der Waals surface area contributed by atoms with Crippen molar-refractivity contribution in [2.75, 3.05) is 32.9 Å². The molecule has 1 aliphatic heterocycles. The number of amides is 1. The normalized spacial score (nSPS) is 16.2. The zero-order chi connectivity index (χ0) is 15.1. The van der Waals surface area contributed by atoms with Gasteiger partial charge in [-0.3, -0.25) is 4.79 Å². The molecule has 0 unspecified atom stereocenters. The minimum Gasteiger partial charge on any atom is -0.379 e. The van der Waals surface area contributed by atoms with Crippen LogP contribution in [0.2, 0.25) is 5.15 Å². The average Bonchev–Trinajstić information content (AvgIpc) is 2.52. The summed E-state index contributed by atoms with van der Waals surface area (Å²) in [5.41, 5.74) is 0.579. The van der Waals surface area contributed by atoms with Crippen LogP contribution in [0.4, 0.5) is 0 Å². The molecular weight excluding hydrogens is 292 g/mol. The van der Waals surface area contributed by atoms with Crippen LogP contribution in [0, 0.1) is 0 Å². The molecule has 0 aromatic carbocycles. The Balaban J connectivity index is 1.75. The maximum absolute atomic E-state index is 12.3. The van der Waals surface area contributed by atoms with Gasteiger partial charge in [0.1, 0.15) is 5.15 Å². The molecule has 0 bridgehead atoms. The summed E-state index contributed by atoms with van der Waals surface area (Å²) in [6, 6.07) is 3.35. The van der Waals surface area contributed by atoms with Crippen molar-refractivity contribution in [3.63, 3.8) is 0 Å². The first-order valence-corrected chi connectivity index (χ1v) is 7.68. The Hall–Kier alpha value is -1.17. The van der Waals surface area contributed by atoms with Crippen molar-refractivity contribution in [1.29, 1.82) is 0 Å². The lowest BCUT2D eigenvalue weighted by Gasteiger charge is -2.32. The number of aromatic nitrogens is 1. The summed E-state index contributed by atoms with van der Waals surface area (Å²) < 4.78 is 11.0. The summed E-state index contributed by atoms with van der Waals surface area (Å²) in [6.07, 6.45) is 3.46. The van der Waals surface area contributed by atoms with E-state index in [1.807, 2.05) is 11.8 Å². The number of pyridine rings is 1. The van der Waals surface area contributed by atoms with Gasteiger partial charge >= 0.3 is 0 Å². The number of rotatable bonds is 6. The van der Waals surface area contributed by atoms with Gasteiger partial charge in [0, 0.05) is 25.9 Å². The third-order valence-electron chi connectivity index (χ3n) is 3.49. The molecule has 1 aliphatic rings. The van der Waals surface area contributed by atoms with Gasteiger partial charge in [0.25, 0.3) is 5.91 Å².